The van der Waals surface area contributed by atoms with Crippen molar-refractivity contribution in [2.75, 3.05) is 5.32 Å². The molecule has 0 aliphatic rings. The lowest BCUT2D eigenvalue weighted by atomic mass is 10.00. The second-order valence-corrected chi connectivity index (χ2v) is 6.19. The average Bonchev–Trinajstić information content (AvgIpc) is 2.26. The highest BCUT2D eigenvalue weighted by molar-refractivity contribution is 8.00. The van der Waals surface area contributed by atoms with Crippen LogP contribution in [-0.4, -0.2) is 17.0 Å². The Kier molecular flexibility index (Phi) is 5.47. The Bertz CT molecular complexity index is 469. The summed E-state index contributed by atoms with van der Waals surface area (Å²) in [6.45, 7) is 3.57. The molecule has 112 valence electrons. The van der Waals surface area contributed by atoms with Crippen molar-refractivity contribution in [3.8, 4) is 0 Å². The van der Waals surface area contributed by atoms with Crippen LogP contribution in [0.2, 0.25) is 0 Å². The number of para-hydroxylation sites is 1. The van der Waals surface area contributed by atoms with Gasteiger partial charge in [-0.05, 0) is 44.2 Å². The third-order valence-corrected chi connectivity index (χ3v) is 3.19. The molecule has 1 aromatic carbocycles. The summed E-state index contributed by atoms with van der Waals surface area (Å²) in [7, 11) is 0. The summed E-state index contributed by atoms with van der Waals surface area (Å²) in [6, 6.07) is 5.83. The van der Waals surface area contributed by atoms with Crippen molar-refractivity contribution in [3.05, 3.63) is 24.3 Å². The molecule has 0 aliphatic heterocycles. The third kappa shape index (κ3) is 6.81. The molecule has 0 fully saturated rings. The molecule has 1 aromatic rings. The number of nitrogens with one attached hydrogen (secondary N) is 1. The fourth-order valence-corrected chi connectivity index (χ4v) is 2.06. The van der Waals surface area contributed by atoms with E-state index in [1.807, 2.05) is 0 Å². The zero-order valence-electron chi connectivity index (χ0n) is 11.3. The van der Waals surface area contributed by atoms with Crippen LogP contribution in [-0.2, 0) is 4.79 Å². The smallest absolute Gasteiger partial charge is 0.326 e. The molecule has 3 nitrogen and oxygen atoms in total. The van der Waals surface area contributed by atoms with Crippen LogP contribution in [0.5, 0.6) is 0 Å². The van der Waals surface area contributed by atoms with E-state index in [1.54, 1.807) is 19.9 Å². The predicted molar refractivity (Wildman–Crippen MR) is 74.5 cm³/mol. The number of rotatable bonds is 5. The largest absolute Gasteiger partial charge is 0.446 e. The number of hydrogen-bond acceptors (Lipinski definition) is 3. The number of carbonyl (C=O) groups excluding carboxylic acids is 1. The molecule has 20 heavy (non-hydrogen) atoms. The Balaban J connectivity index is 2.70. The van der Waals surface area contributed by atoms with E-state index >= 15 is 0 Å². The number of halogens is 3. The van der Waals surface area contributed by atoms with Crippen molar-refractivity contribution in [3.63, 3.8) is 0 Å². The number of thioether (sulfide) groups is 1. The first kappa shape index (κ1) is 16.8. The molecular weight excluding hydrogens is 289 g/mol. The SMILES string of the molecule is CC(C)(N)CCC(=O)Nc1ccccc1SC(F)(F)F. The summed E-state index contributed by atoms with van der Waals surface area (Å²) in [5.74, 6) is -0.348. The van der Waals surface area contributed by atoms with Gasteiger partial charge in [0.1, 0.15) is 0 Å². The summed E-state index contributed by atoms with van der Waals surface area (Å²) in [4.78, 5) is 11.7. The van der Waals surface area contributed by atoms with Gasteiger partial charge in [-0.1, -0.05) is 12.1 Å². The number of benzene rings is 1. The summed E-state index contributed by atoms with van der Waals surface area (Å²) in [5, 5.41) is 2.49. The van der Waals surface area contributed by atoms with E-state index in [-0.39, 0.29) is 34.7 Å². The first-order valence-electron chi connectivity index (χ1n) is 6.00. The van der Waals surface area contributed by atoms with Crippen molar-refractivity contribution >= 4 is 23.4 Å². The van der Waals surface area contributed by atoms with Gasteiger partial charge < -0.3 is 11.1 Å². The maximum Gasteiger partial charge on any atom is 0.446 e. The maximum atomic E-state index is 12.4. The second-order valence-electron chi connectivity index (χ2n) is 5.08. The zero-order chi connectivity index (χ0) is 15.4. The zero-order valence-corrected chi connectivity index (χ0v) is 12.1. The Morgan fingerprint density at radius 3 is 2.45 bits per heavy atom. The monoisotopic (exact) mass is 306 g/mol. The standard InChI is InChI=1S/C13H17F3N2OS/c1-12(2,17)8-7-11(19)18-9-5-3-4-6-10(9)20-13(14,15)16/h3-6H,7-8,17H2,1-2H3,(H,18,19). The molecule has 3 N–H and O–H groups in total. The van der Waals surface area contributed by atoms with E-state index < -0.39 is 11.0 Å². The van der Waals surface area contributed by atoms with Crippen LogP contribution >= 0.6 is 11.8 Å². The molecule has 7 heteroatoms. The quantitative estimate of drug-likeness (QED) is 0.815. The molecule has 1 amide bonds. The fourth-order valence-electron chi connectivity index (χ4n) is 1.43. The highest BCUT2D eigenvalue weighted by Crippen LogP contribution is 2.40. The van der Waals surface area contributed by atoms with E-state index in [0.717, 1.165) is 0 Å². The van der Waals surface area contributed by atoms with Gasteiger partial charge in [-0.2, -0.15) is 13.2 Å². The molecule has 0 saturated carbocycles. The van der Waals surface area contributed by atoms with Crippen LogP contribution in [0, 0.1) is 0 Å². The minimum Gasteiger partial charge on any atom is -0.326 e. The first-order valence-corrected chi connectivity index (χ1v) is 6.82. The van der Waals surface area contributed by atoms with Gasteiger partial charge in [0.05, 0.1) is 5.69 Å². The Labute approximate surface area is 120 Å². The van der Waals surface area contributed by atoms with Gasteiger partial charge in [-0.3, -0.25) is 4.79 Å². The molecule has 0 aromatic heterocycles. The van der Waals surface area contributed by atoms with Gasteiger partial charge in [-0.15, -0.1) is 0 Å². The van der Waals surface area contributed by atoms with E-state index in [9.17, 15) is 18.0 Å². The number of alkyl halides is 3. The van der Waals surface area contributed by atoms with Crippen molar-refractivity contribution in [2.45, 2.75) is 42.6 Å². The fraction of sp³-hybridized carbons (Fsp3) is 0.462. The topological polar surface area (TPSA) is 55.1 Å². The summed E-state index contributed by atoms with van der Waals surface area (Å²) in [5.41, 5.74) is 1.04. The van der Waals surface area contributed by atoms with Crippen molar-refractivity contribution in [2.24, 2.45) is 5.73 Å². The highest BCUT2D eigenvalue weighted by Gasteiger charge is 2.30. The van der Waals surface area contributed by atoms with E-state index in [4.69, 9.17) is 5.73 Å². The molecule has 1 rings (SSSR count). The minimum atomic E-state index is -4.39. The first-order chi connectivity index (χ1) is 9.07. The highest BCUT2D eigenvalue weighted by atomic mass is 32.2. The minimum absolute atomic E-state index is 0.0274. The van der Waals surface area contributed by atoms with Crippen molar-refractivity contribution < 1.29 is 18.0 Å². The van der Waals surface area contributed by atoms with Gasteiger partial charge >= 0.3 is 5.51 Å². The molecule has 0 aliphatic carbocycles. The van der Waals surface area contributed by atoms with E-state index in [2.05, 4.69) is 5.32 Å². The molecule has 0 atom stereocenters. The number of anilines is 1. The molecule has 0 spiro atoms. The van der Waals surface area contributed by atoms with Crippen LogP contribution in [0.3, 0.4) is 0 Å². The summed E-state index contributed by atoms with van der Waals surface area (Å²) >= 11 is -0.246. The number of amides is 1. The Morgan fingerprint density at radius 2 is 1.90 bits per heavy atom. The van der Waals surface area contributed by atoms with Gasteiger partial charge in [0.25, 0.3) is 0 Å². The van der Waals surface area contributed by atoms with Gasteiger partial charge in [0.2, 0.25) is 5.91 Å². The summed E-state index contributed by atoms with van der Waals surface area (Å²) in [6.07, 6.45) is 0.613. The molecule has 0 radical (unpaired) electrons. The molecule has 0 unspecified atom stereocenters. The van der Waals surface area contributed by atoms with Crippen molar-refractivity contribution in [1.29, 1.82) is 0 Å². The van der Waals surface area contributed by atoms with Crippen LogP contribution in [0.15, 0.2) is 29.2 Å². The number of hydrogen-bond donors (Lipinski definition) is 2. The lowest BCUT2D eigenvalue weighted by Gasteiger charge is -2.18. The van der Waals surface area contributed by atoms with Gasteiger partial charge in [0, 0.05) is 16.9 Å². The van der Waals surface area contributed by atoms with Crippen LogP contribution < -0.4 is 11.1 Å². The van der Waals surface area contributed by atoms with E-state index in [0.29, 0.717) is 6.42 Å². The lowest BCUT2D eigenvalue weighted by molar-refractivity contribution is -0.116. The molecule has 0 saturated heterocycles. The molecule has 0 heterocycles. The average molecular weight is 306 g/mol. The number of carbonyl (C=O) groups is 1. The lowest BCUT2D eigenvalue weighted by Crippen LogP contribution is -2.33. The van der Waals surface area contributed by atoms with Crippen LogP contribution in [0.25, 0.3) is 0 Å². The third-order valence-electron chi connectivity index (χ3n) is 2.38. The van der Waals surface area contributed by atoms with Crippen molar-refractivity contribution in [1.82, 2.24) is 0 Å². The number of nitrogens with two attached hydrogens (primary N) is 1. The van der Waals surface area contributed by atoms with Crippen LogP contribution in [0.4, 0.5) is 18.9 Å². The predicted octanol–water partition coefficient (Wildman–Crippen LogP) is 3.75. The molecule has 0 bridgehead atoms. The van der Waals surface area contributed by atoms with Gasteiger partial charge in [-0.25, -0.2) is 0 Å². The molecular formula is C13H17F3N2OS. The normalized spacial score (nSPS) is 12.3. The summed E-state index contributed by atoms with van der Waals surface area (Å²) < 4.78 is 37.2. The second kappa shape index (κ2) is 6.49. The van der Waals surface area contributed by atoms with Crippen LogP contribution in [0.1, 0.15) is 26.7 Å². The Morgan fingerprint density at radius 1 is 1.30 bits per heavy atom. The Hall–Kier alpha value is -1.21. The maximum absolute atomic E-state index is 12.4. The van der Waals surface area contributed by atoms with E-state index in [1.165, 1.54) is 18.2 Å². The van der Waals surface area contributed by atoms with Gasteiger partial charge in [0.15, 0.2) is 0 Å².